The van der Waals surface area contributed by atoms with Crippen LogP contribution >= 0.6 is 34.4 Å². The zero-order valence-electron chi connectivity index (χ0n) is 14.6. The van der Waals surface area contributed by atoms with Crippen LogP contribution in [-0.4, -0.2) is 42.3 Å². The van der Waals surface area contributed by atoms with Gasteiger partial charge in [0.15, 0.2) is 15.0 Å². The minimum Gasteiger partial charge on any atom is -0.316 e. The first-order valence-corrected chi connectivity index (χ1v) is 12.4. The molecule has 2 fully saturated rings. The van der Waals surface area contributed by atoms with Crippen molar-refractivity contribution >= 4 is 61.0 Å². The molecule has 0 aliphatic carbocycles. The largest absolute Gasteiger partial charge is 0.316 e. The maximum Gasteiger partial charge on any atom is 0.252 e. The van der Waals surface area contributed by atoms with Gasteiger partial charge < -0.3 is 4.90 Å². The van der Waals surface area contributed by atoms with Gasteiger partial charge in [-0.3, -0.25) is 4.79 Å². The van der Waals surface area contributed by atoms with Gasteiger partial charge in [-0.1, -0.05) is 30.0 Å². The molecule has 0 spiro atoms. The van der Waals surface area contributed by atoms with E-state index in [1.54, 1.807) is 12.1 Å². The Balaban J connectivity index is 1.63. The summed E-state index contributed by atoms with van der Waals surface area (Å²) < 4.78 is 38.3. The molecule has 9 heteroatoms. The standard InChI is InChI=1S/C19H16FIN2O3S2/c20-13-6-4-12(5-7-13)8-18(24)22-19-23(15-3-1-2-14(21)9-15)16-10-28(25,26)11-17(16)27-19/h1-7,9,16-17H,8,10-11H2/t16-,17-/m0/s1. The Kier molecular flexibility index (Phi) is 5.49. The first-order chi connectivity index (χ1) is 13.3. The van der Waals surface area contributed by atoms with Crippen LogP contribution in [0.2, 0.25) is 0 Å². The van der Waals surface area contributed by atoms with Crippen LogP contribution in [-0.2, 0) is 21.1 Å². The molecule has 2 aliphatic heterocycles. The van der Waals surface area contributed by atoms with Crippen molar-refractivity contribution in [3.8, 4) is 0 Å². The highest BCUT2D eigenvalue weighted by Gasteiger charge is 2.49. The molecule has 0 bridgehead atoms. The molecule has 2 saturated heterocycles. The monoisotopic (exact) mass is 530 g/mol. The topological polar surface area (TPSA) is 66.8 Å². The second kappa shape index (κ2) is 7.75. The summed E-state index contributed by atoms with van der Waals surface area (Å²) in [6, 6.07) is 13.2. The Labute approximate surface area is 180 Å². The summed E-state index contributed by atoms with van der Waals surface area (Å²) in [6.45, 7) is 0. The second-order valence-electron chi connectivity index (χ2n) is 6.74. The molecule has 1 amide bonds. The van der Waals surface area contributed by atoms with E-state index in [0.29, 0.717) is 10.7 Å². The van der Waals surface area contributed by atoms with Crippen molar-refractivity contribution in [1.29, 1.82) is 0 Å². The second-order valence-corrected chi connectivity index (χ2v) is 11.3. The minimum absolute atomic E-state index is 0.0569. The number of carbonyl (C=O) groups is 1. The minimum atomic E-state index is -3.10. The van der Waals surface area contributed by atoms with E-state index in [9.17, 15) is 17.6 Å². The third kappa shape index (κ3) is 4.25. The molecule has 0 saturated carbocycles. The van der Waals surface area contributed by atoms with Gasteiger partial charge in [-0.15, -0.1) is 0 Å². The van der Waals surface area contributed by atoms with Crippen molar-refractivity contribution < 1.29 is 17.6 Å². The molecule has 2 aromatic rings. The van der Waals surface area contributed by atoms with Crippen LogP contribution in [0.25, 0.3) is 0 Å². The van der Waals surface area contributed by atoms with Crippen LogP contribution in [0.5, 0.6) is 0 Å². The predicted molar refractivity (Wildman–Crippen MR) is 118 cm³/mol. The fourth-order valence-electron chi connectivity index (χ4n) is 3.42. The lowest BCUT2D eigenvalue weighted by molar-refractivity contribution is -0.117. The molecule has 146 valence electrons. The van der Waals surface area contributed by atoms with Gasteiger partial charge in [0, 0.05) is 14.5 Å². The smallest absolute Gasteiger partial charge is 0.252 e. The molecule has 2 heterocycles. The van der Waals surface area contributed by atoms with E-state index in [-0.39, 0.29) is 40.9 Å². The van der Waals surface area contributed by atoms with Gasteiger partial charge in [0.2, 0.25) is 0 Å². The van der Waals surface area contributed by atoms with E-state index in [1.165, 1.54) is 23.9 Å². The van der Waals surface area contributed by atoms with E-state index < -0.39 is 9.84 Å². The number of sulfone groups is 1. The zero-order chi connectivity index (χ0) is 19.9. The Morgan fingerprint density at radius 2 is 1.96 bits per heavy atom. The molecule has 4 rings (SSSR count). The number of fused-ring (bicyclic) bond motifs is 1. The van der Waals surface area contributed by atoms with E-state index in [1.807, 2.05) is 29.2 Å². The molecule has 0 radical (unpaired) electrons. The van der Waals surface area contributed by atoms with Gasteiger partial charge in [-0.2, -0.15) is 4.99 Å². The van der Waals surface area contributed by atoms with Crippen molar-refractivity contribution in [2.75, 3.05) is 16.4 Å². The van der Waals surface area contributed by atoms with Crippen molar-refractivity contribution in [1.82, 2.24) is 0 Å². The molecule has 5 nitrogen and oxygen atoms in total. The quantitative estimate of drug-likeness (QED) is 0.571. The number of nitrogens with zero attached hydrogens (tertiary/aromatic N) is 2. The molecule has 2 aliphatic rings. The maximum atomic E-state index is 13.0. The van der Waals surface area contributed by atoms with E-state index in [2.05, 4.69) is 27.6 Å². The average molecular weight is 530 g/mol. The van der Waals surface area contributed by atoms with E-state index in [0.717, 1.165) is 9.26 Å². The van der Waals surface area contributed by atoms with E-state index in [4.69, 9.17) is 0 Å². The summed E-state index contributed by atoms with van der Waals surface area (Å²) in [4.78, 5) is 18.7. The summed E-state index contributed by atoms with van der Waals surface area (Å²) in [5.74, 6) is -0.546. The number of anilines is 1. The number of thioether (sulfide) groups is 1. The molecule has 0 aromatic heterocycles. The first kappa shape index (κ1) is 19.8. The number of amidine groups is 1. The molecular weight excluding hydrogens is 514 g/mol. The van der Waals surface area contributed by atoms with Gasteiger partial charge in [0.05, 0.1) is 24.0 Å². The number of benzene rings is 2. The van der Waals surface area contributed by atoms with Crippen LogP contribution < -0.4 is 4.90 Å². The van der Waals surface area contributed by atoms with Gasteiger partial charge in [-0.05, 0) is 58.5 Å². The number of halogens is 2. The van der Waals surface area contributed by atoms with Crippen LogP contribution in [0.4, 0.5) is 10.1 Å². The van der Waals surface area contributed by atoms with Gasteiger partial charge in [-0.25, -0.2) is 12.8 Å². The number of rotatable bonds is 3. The maximum absolute atomic E-state index is 13.0. The van der Waals surface area contributed by atoms with Crippen molar-refractivity contribution in [2.24, 2.45) is 4.99 Å². The van der Waals surface area contributed by atoms with Crippen molar-refractivity contribution in [3.05, 3.63) is 63.5 Å². The van der Waals surface area contributed by atoms with Crippen LogP contribution in [0, 0.1) is 9.39 Å². The predicted octanol–water partition coefficient (Wildman–Crippen LogP) is 3.27. The summed E-state index contributed by atoms with van der Waals surface area (Å²) >= 11 is 3.55. The number of hydrogen-bond acceptors (Lipinski definition) is 4. The third-order valence-electron chi connectivity index (χ3n) is 4.64. The highest BCUT2D eigenvalue weighted by molar-refractivity contribution is 14.1. The van der Waals surface area contributed by atoms with Crippen molar-refractivity contribution in [2.45, 2.75) is 17.7 Å². The Hall–Kier alpha value is -1.46. The molecule has 28 heavy (non-hydrogen) atoms. The number of amides is 1. The summed E-state index contributed by atoms with van der Waals surface area (Å²) in [6.07, 6.45) is 0.0676. The zero-order valence-corrected chi connectivity index (χ0v) is 18.4. The first-order valence-electron chi connectivity index (χ1n) is 8.58. The lowest BCUT2D eigenvalue weighted by Gasteiger charge is -2.24. The molecule has 0 N–H and O–H groups in total. The lowest BCUT2D eigenvalue weighted by Crippen LogP contribution is -2.37. The highest BCUT2D eigenvalue weighted by Crippen LogP contribution is 2.41. The Bertz CT molecular complexity index is 1060. The van der Waals surface area contributed by atoms with E-state index >= 15 is 0 Å². The van der Waals surface area contributed by atoms with Crippen LogP contribution in [0.1, 0.15) is 5.56 Å². The fourth-order valence-corrected chi connectivity index (χ4v) is 7.87. The Morgan fingerprint density at radius 1 is 1.21 bits per heavy atom. The fraction of sp³-hybridized carbons (Fsp3) is 0.263. The number of carbonyl (C=O) groups excluding carboxylic acids is 1. The van der Waals surface area contributed by atoms with Gasteiger partial charge in [0.1, 0.15) is 5.82 Å². The van der Waals surface area contributed by atoms with Gasteiger partial charge in [0.25, 0.3) is 5.91 Å². The third-order valence-corrected chi connectivity index (χ3v) is 8.52. The van der Waals surface area contributed by atoms with Crippen LogP contribution in [0.3, 0.4) is 0 Å². The van der Waals surface area contributed by atoms with Crippen LogP contribution in [0.15, 0.2) is 53.5 Å². The SMILES string of the molecule is O=C(Cc1ccc(F)cc1)N=C1S[C@H]2CS(=O)(=O)C[C@@H]2N1c1cccc(I)c1. The summed E-state index contributed by atoms with van der Waals surface area (Å²) in [5, 5.41) is 0.388. The summed E-state index contributed by atoms with van der Waals surface area (Å²) in [5.41, 5.74) is 1.51. The van der Waals surface area contributed by atoms with Gasteiger partial charge >= 0.3 is 0 Å². The van der Waals surface area contributed by atoms with Crippen molar-refractivity contribution in [3.63, 3.8) is 0 Å². The molecular formula is C19H16FIN2O3S2. The summed E-state index contributed by atoms with van der Waals surface area (Å²) in [7, 11) is -3.10. The molecule has 0 unspecified atom stereocenters. The lowest BCUT2D eigenvalue weighted by atomic mass is 10.1. The highest BCUT2D eigenvalue weighted by atomic mass is 127. The molecule has 2 atom stereocenters. The average Bonchev–Trinajstić information content (AvgIpc) is 3.07. The Morgan fingerprint density at radius 3 is 2.68 bits per heavy atom. The number of aliphatic imine (C=N–C) groups is 1. The number of hydrogen-bond donors (Lipinski definition) is 0. The molecule has 2 aromatic carbocycles. The normalized spacial score (nSPS) is 24.5.